The molecule has 2 aromatic rings. The van der Waals surface area contributed by atoms with Crippen LogP contribution in [-0.2, 0) is 10.0 Å². The van der Waals surface area contributed by atoms with E-state index in [2.05, 4.69) is 43.9 Å². The van der Waals surface area contributed by atoms with Gasteiger partial charge in [-0.15, -0.1) is 0 Å². The summed E-state index contributed by atoms with van der Waals surface area (Å²) in [6.45, 7) is 9.72. The average molecular weight is 417 g/mol. The lowest BCUT2D eigenvalue weighted by molar-refractivity contribution is 0.145. The Morgan fingerprint density at radius 2 is 1.55 bits per heavy atom. The van der Waals surface area contributed by atoms with Crippen LogP contribution in [-0.4, -0.2) is 57.0 Å². The van der Waals surface area contributed by atoms with Gasteiger partial charge in [0.2, 0.25) is 10.0 Å². The summed E-state index contributed by atoms with van der Waals surface area (Å²) in [5.41, 5.74) is 3.85. The number of aryl methyl sites for hydroxylation is 2. The van der Waals surface area contributed by atoms with Crippen LogP contribution in [0.3, 0.4) is 0 Å². The lowest BCUT2D eigenvalue weighted by atomic mass is 10.0. The lowest BCUT2D eigenvalue weighted by Crippen LogP contribution is -2.49. The molecule has 0 spiro atoms. The van der Waals surface area contributed by atoms with Gasteiger partial charge < -0.3 is 9.47 Å². The zero-order valence-corrected chi connectivity index (χ0v) is 18.0. The van der Waals surface area contributed by atoms with E-state index in [0.717, 1.165) is 0 Å². The zero-order chi connectivity index (χ0) is 20.6. The van der Waals surface area contributed by atoms with Crippen molar-refractivity contribution in [3.63, 3.8) is 0 Å². The molecule has 2 aliphatic heterocycles. The second-order valence-corrected chi connectivity index (χ2v) is 9.70. The van der Waals surface area contributed by atoms with Gasteiger partial charge in [0.15, 0.2) is 11.5 Å². The molecule has 0 unspecified atom stereocenters. The molecule has 1 saturated heterocycles. The highest BCUT2D eigenvalue weighted by molar-refractivity contribution is 7.89. The molecule has 0 aromatic heterocycles. The van der Waals surface area contributed by atoms with Crippen molar-refractivity contribution in [1.82, 2.24) is 9.21 Å². The monoisotopic (exact) mass is 416 g/mol. The van der Waals surface area contributed by atoms with Gasteiger partial charge in [-0.25, -0.2) is 8.42 Å². The zero-order valence-electron chi connectivity index (χ0n) is 17.2. The number of piperazine rings is 1. The topological polar surface area (TPSA) is 59.1 Å². The van der Waals surface area contributed by atoms with Crippen LogP contribution in [0.5, 0.6) is 11.5 Å². The minimum absolute atomic E-state index is 0.258. The van der Waals surface area contributed by atoms with Crippen LogP contribution < -0.4 is 9.47 Å². The average Bonchev–Trinajstić information content (AvgIpc) is 2.75. The first kappa shape index (κ1) is 20.2. The number of ether oxygens (including phenoxy) is 2. The Bertz CT molecular complexity index is 998. The van der Waals surface area contributed by atoms with Crippen molar-refractivity contribution in [3.8, 4) is 11.5 Å². The Labute approximate surface area is 173 Å². The predicted molar refractivity (Wildman–Crippen MR) is 112 cm³/mol. The lowest BCUT2D eigenvalue weighted by Gasteiger charge is -2.37. The molecule has 6 nitrogen and oxygen atoms in total. The normalized spacial score (nSPS) is 19.1. The minimum atomic E-state index is -3.55. The van der Waals surface area contributed by atoms with E-state index in [1.54, 1.807) is 22.5 Å². The van der Waals surface area contributed by atoms with Crippen molar-refractivity contribution in [2.75, 3.05) is 39.4 Å². The Morgan fingerprint density at radius 1 is 0.862 bits per heavy atom. The van der Waals surface area contributed by atoms with Crippen molar-refractivity contribution < 1.29 is 17.9 Å². The Morgan fingerprint density at radius 3 is 2.24 bits per heavy atom. The summed E-state index contributed by atoms with van der Waals surface area (Å²) in [5.74, 6) is 1.10. The third kappa shape index (κ3) is 3.99. The van der Waals surface area contributed by atoms with E-state index in [0.29, 0.717) is 50.9 Å². The van der Waals surface area contributed by atoms with Gasteiger partial charge in [0.1, 0.15) is 13.2 Å². The maximum Gasteiger partial charge on any atom is 0.243 e. The van der Waals surface area contributed by atoms with Crippen molar-refractivity contribution >= 4 is 10.0 Å². The summed E-state index contributed by atoms with van der Waals surface area (Å²) < 4.78 is 38.8. The molecular formula is C22H28N2O4S. The molecule has 1 atom stereocenters. The number of fused-ring (bicyclic) bond motifs is 1. The summed E-state index contributed by atoms with van der Waals surface area (Å²) in [6.07, 6.45) is 0. The smallest absolute Gasteiger partial charge is 0.243 e. The molecule has 2 aliphatic rings. The van der Waals surface area contributed by atoms with Crippen LogP contribution >= 0.6 is 0 Å². The van der Waals surface area contributed by atoms with Gasteiger partial charge in [-0.3, -0.25) is 4.90 Å². The van der Waals surface area contributed by atoms with Gasteiger partial charge in [-0.1, -0.05) is 18.2 Å². The van der Waals surface area contributed by atoms with Crippen LogP contribution in [0.1, 0.15) is 29.7 Å². The van der Waals surface area contributed by atoms with E-state index < -0.39 is 10.0 Å². The van der Waals surface area contributed by atoms with Crippen molar-refractivity contribution in [2.45, 2.75) is 31.7 Å². The van der Waals surface area contributed by atoms with Crippen LogP contribution in [0.2, 0.25) is 0 Å². The molecule has 0 saturated carbocycles. The fraction of sp³-hybridized carbons (Fsp3) is 0.455. The summed E-state index contributed by atoms with van der Waals surface area (Å²) >= 11 is 0. The van der Waals surface area contributed by atoms with E-state index in [1.807, 2.05) is 0 Å². The fourth-order valence-corrected chi connectivity index (χ4v) is 5.34. The number of hydrogen-bond acceptors (Lipinski definition) is 5. The molecule has 0 radical (unpaired) electrons. The standard InChI is InChI=1S/C22H28N2O4S/c1-16-4-5-19(14-17(16)2)18(3)23-8-10-24(11-9-23)29(25,26)20-6-7-21-22(15-20)28-13-12-27-21/h4-7,14-15,18H,8-13H2,1-3H3/t18-/m1/s1. The van der Waals surface area contributed by atoms with Gasteiger partial charge in [0, 0.05) is 38.3 Å². The van der Waals surface area contributed by atoms with E-state index >= 15 is 0 Å². The Balaban J connectivity index is 1.45. The van der Waals surface area contributed by atoms with Gasteiger partial charge in [-0.2, -0.15) is 4.31 Å². The predicted octanol–water partition coefficient (Wildman–Crippen LogP) is 3.14. The number of nitrogens with zero attached hydrogens (tertiary/aromatic N) is 2. The Hall–Kier alpha value is -2.09. The first-order valence-electron chi connectivity index (χ1n) is 10.1. The summed E-state index contributed by atoms with van der Waals surface area (Å²) in [7, 11) is -3.55. The molecule has 4 rings (SSSR count). The second-order valence-electron chi connectivity index (χ2n) is 7.77. The molecular weight excluding hydrogens is 388 g/mol. The molecule has 2 aromatic carbocycles. The summed E-state index contributed by atoms with van der Waals surface area (Å²) in [5, 5.41) is 0. The van der Waals surface area contributed by atoms with Gasteiger partial charge in [0.25, 0.3) is 0 Å². The molecule has 7 heteroatoms. The maximum atomic E-state index is 13.1. The highest BCUT2D eigenvalue weighted by Crippen LogP contribution is 2.33. The molecule has 0 N–H and O–H groups in total. The highest BCUT2D eigenvalue weighted by Gasteiger charge is 2.31. The van der Waals surface area contributed by atoms with E-state index in [-0.39, 0.29) is 10.9 Å². The number of sulfonamides is 1. The molecule has 0 amide bonds. The van der Waals surface area contributed by atoms with Crippen LogP contribution in [0.25, 0.3) is 0 Å². The first-order valence-corrected chi connectivity index (χ1v) is 11.5. The van der Waals surface area contributed by atoms with Crippen molar-refractivity contribution in [2.24, 2.45) is 0 Å². The Kier molecular flexibility index (Phi) is 5.55. The number of benzene rings is 2. The SMILES string of the molecule is Cc1ccc([C@@H](C)N2CCN(S(=O)(=O)c3ccc4c(c3)OCCO4)CC2)cc1C. The van der Waals surface area contributed by atoms with Gasteiger partial charge in [0.05, 0.1) is 4.90 Å². The van der Waals surface area contributed by atoms with E-state index in [1.165, 1.54) is 16.7 Å². The van der Waals surface area contributed by atoms with E-state index in [9.17, 15) is 8.42 Å². The number of hydrogen-bond donors (Lipinski definition) is 0. The molecule has 156 valence electrons. The van der Waals surface area contributed by atoms with E-state index in [4.69, 9.17) is 9.47 Å². The third-order valence-electron chi connectivity index (χ3n) is 5.99. The molecule has 0 bridgehead atoms. The molecule has 1 fully saturated rings. The van der Waals surface area contributed by atoms with Crippen LogP contribution in [0.15, 0.2) is 41.3 Å². The quantitative estimate of drug-likeness (QED) is 0.766. The molecule has 2 heterocycles. The van der Waals surface area contributed by atoms with Crippen LogP contribution in [0, 0.1) is 13.8 Å². The first-order chi connectivity index (χ1) is 13.9. The highest BCUT2D eigenvalue weighted by atomic mass is 32.2. The summed E-state index contributed by atoms with van der Waals surface area (Å²) in [6, 6.07) is 11.7. The van der Waals surface area contributed by atoms with Crippen LogP contribution in [0.4, 0.5) is 0 Å². The maximum absolute atomic E-state index is 13.1. The molecule has 0 aliphatic carbocycles. The van der Waals surface area contributed by atoms with Gasteiger partial charge in [-0.05, 0) is 49.6 Å². The fourth-order valence-electron chi connectivity index (χ4n) is 3.90. The number of rotatable bonds is 4. The third-order valence-corrected chi connectivity index (χ3v) is 7.88. The van der Waals surface area contributed by atoms with Crippen molar-refractivity contribution in [3.05, 3.63) is 53.1 Å². The largest absolute Gasteiger partial charge is 0.486 e. The minimum Gasteiger partial charge on any atom is -0.486 e. The van der Waals surface area contributed by atoms with Crippen molar-refractivity contribution in [1.29, 1.82) is 0 Å². The van der Waals surface area contributed by atoms with Gasteiger partial charge >= 0.3 is 0 Å². The summed E-state index contributed by atoms with van der Waals surface area (Å²) in [4.78, 5) is 2.61. The molecule has 29 heavy (non-hydrogen) atoms. The second kappa shape index (κ2) is 7.97.